The van der Waals surface area contributed by atoms with Gasteiger partial charge in [-0.2, -0.15) is 0 Å². The molecule has 192 valence electrons. The van der Waals surface area contributed by atoms with Crippen LogP contribution in [-0.2, 0) is 32.9 Å². The van der Waals surface area contributed by atoms with Crippen molar-refractivity contribution in [3.63, 3.8) is 0 Å². The SMILES string of the molecule is CC(C)CCCCCCCCCCCCCC[C](=O)[Zr]1(=[O])([C](=O)c2ccc(N)cc2)[O]CC[O]1. The summed E-state index contributed by atoms with van der Waals surface area (Å²) >= 11 is -6.35. The van der Waals surface area contributed by atoms with E-state index in [9.17, 15) is 12.4 Å². The third-order valence-electron chi connectivity index (χ3n) is 6.79. The second-order valence-corrected chi connectivity index (χ2v) is 19.0. The van der Waals surface area contributed by atoms with E-state index >= 15 is 0 Å². The van der Waals surface area contributed by atoms with Gasteiger partial charge in [0.15, 0.2) is 0 Å². The molecule has 0 aromatic heterocycles. The predicted molar refractivity (Wildman–Crippen MR) is 132 cm³/mol. The molecule has 6 nitrogen and oxygen atoms in total. The second kappa shape index (κ2) is 14.5. The van der Waals surface area contributed by atoms with E-state index in [4.69, 9.17) is 11.4 Å². The molecule has 1 fully saturated rings. The monoisotopic (exact) mass is 553 g/mol. The molecule has 1 aliphatic rings. The number of rotatable bonds is 18. The molecule has 0 radical (unpaired) electrons. The molecule has 0 atom stereocenters. The Morgan fingerprint density at radius 1 is 0.794 bits per heavy atom. The molecule has 2 rings (SSSR count). The van der Waals surface area contributed by atoms with E-state index in [-0.39, 0.29) is 25.2 Å². The summed E-state index contributed by atoms with van der Waals surface area (Å²) < 4.78 is 23.2. The molecule has 0 saturated carbocycles. The van der Waals surface area contributed by atoms with Gasteiger partial charge in [-0.15, -0.1) is 0 Å². The normalized spacial score (nSPS) is 16.4. The van der Waals surface area contributed by atoms with Gasteiger partial charge in [-0.3, -0.25) is 0 Å². The minimum absolute atomic E-state index is 0.0131. The number of benzene rings is 1. The summed E-state index contributed by atoms with van der Waals surface area (Å²) in [6, 6.07) is 6.04. The molecule has 1 saturated heterocycles. The first-order valence-corrected chi connectivity index (χ1v) is 18.8. The Morgan fingerprint density at radius 3 is 1.71 bits per heavy atom. The number of carbonyl (C=O) groups is 2. The van der Waals surface area contributed by atoms with E-state index in [1.54, 1.807) is 12.1 Å². The Labute approximate surface area is 208 Å². The quantitative estimate of drug-likeness (QED) is 0.156. The van der Waals surface area contributed by atoms with Gasteiger partial charge in [0.25, 0.3) is 0 Å². The molecule has 1 aromatic rings. The van der Waals surface area contributed by atoms with Crippen molar-refractivity contribution in [2.45, 2.75) is 104 Å². The van der Waals surface area contributed by atoms with Gasteiger partial charge in [0, 0.05) is 0 Å². The second-order valence-electron chi connectivity index (χ2n) is 10.2. The molecule has 1 aliphatic heterocycles. The van der Waals surface area contributed by atoms with Crippen molar-refractivity contribution in [2.24, 2.45) is 5.92 Å². The van der Waals surface area contributed by atoms with Gasteiger partial charge in [-0.25, -0.2) is 0 Å². The van der Waals surface area contributed by atoms with E-state index in [1.165, 1.54) is 69.9 Å². The fourth-order valence-corrected chi connectivity index (χ4v) is 12.2. The topological polar surface area (TPSA) is 95.7 Å². The van der Waals surface area contributed by atoms with E-state index in [0.717, 1.165) is 25.2 Å². The van der Waals surface area contributed by atoms with Crippen molar-refractivity contribution in [3.8, 4) is 0 Å². The third kappa shape index (κ3) is 8.57. The molecule has 0 bridgehead atoms. The van der Waals surface area contributed by atoms with Crippen LogP contribution in [0.3, 0.4) is 0 Å². The first-order chi connectivity index (χ1) is 16.3. The Kier molecular flexibility index (Phi) is 12.5. The number of hydrogen-bond acceptors (Lipinski definition) is 6. The Balaban J connectivity index is 1.62. The van der Waals surface area contributed by atoms with Gasteiger partial charge in [0.2, 0.25) is 0 Å². The van der Waals surface area contributed by atoms with Crippen molar-refractivity contribution in [1.29, 1.82) is 0 Å². The Morgan fingerprint density at radius 2 is 1.24 bits per heavy atom. The fraction of sp³-hybridized carbons (Fsp3) is 0.704. The van der Waals surface area contributed by atoms with E-state index in [0.29, 0.717) is 12.1 Å². The molecule has 2 N–H and O–H groups in total. The van der Waals surface area contributed by atoms with Crippen molar-refractivity contribution in [1.82, 2.24) is 0 Å². The zero-order valence-electron chi connectivity index (χ0n) is 21.3. The molecule has 7 heteroatoms. The van der Waals surface area contributed by atoms with Gasteiger partial charge < -0.3 is 0 Å². The Bertz CT molecular complexity index is 824. The first kappa shape index (κ1) is 29.2. The molecular formula is C27H45NO5Zr. The van der Waals surface area contributed by atoms with Crippen LogP contribution in [0.4, 0.5) is 5.69 Å². The van der Waals surface area contributed by atoms with Crippen LogP contribution in [0.25, 0.3) is 0 Å². The van der Waals surface area contributed by atoms with Crippen molar-refractivity contribution in [3.05, 3.63) is 29.8 Å². The predicted octanol–water partition coefficient (Wildman–Crippen LogP) is 6.96. The number of anilines is 1. The molecule has 0 unspecified atom stereocenters. The summed E-state index contributed by atoms with van der Waals surface area (Å²) in [5, 5.41) is 0. The number of nitrogens with two attached hydrogens (primary N) is 1. The molecule has 1 heterocycles. The zero-order chi connectivity index (χ0) is 24.9. The van der Waals surface area contributed by atoms with Gasteiger partial charge in [0.05, 0.1) is 0 Å². The van der Waals surface area contributed by atoms with Crippen molar-refractivity contribution in [2.75, 3.05) is 18.9 Å². The van der Waals surface area contributed by atoms with Crippen LogP contribution in [0.1, 0.15) is 114 Å². The number of hydrogen-bond donors (Lipinski definition) is 1. The average molecular weight is 555 g/mol. The van der Waals surface area contributed by atoms with Crippen LogP contribution in [0.15, 0.2) is 24.3 Å². The van der Waals surface area contributed by atoms with Crippen LogP contribution < -0.4 is 5.73 Å². The summed E-state index contributed by atoms with van der Waals surface area (Å²) in [4.78, 5) is 26.1. The van der Waals surface area contributed by atoms with Gasteiger partial charge in [0.1, 0.15) is 0 Å². The first-order valence-electron chi connectivity index (χ1n) is 13.4. The van der Waals surface area contributed by atoms with Crippen LogP contribution in [0.5, 0.6) is 0 Å². The number of unbranched alkanes of at least 4 members (excludes halogenated alkanes) is 11. The summed E-state index contributed by atoms with van der Waals surface area (Å²) in [6.07, 6.45) is 15.6. The van der Waals surface area contributed by atoms with E-state index in [2.05, 4.69) is 13.8 Å². The van der Waals surface area contributed by atoms with E-state index < -0.39 is 26.6 Å². The maximum absolute atomic E-state index is 13.8. The van der Waals surface area contributed by atoms with Gasteiger partial charge in [-0.05, 0) is 5.92 Å². The maximum atomic E-state index is 13.8. The molecule has 1 aromatic carbocycles. The van der Waals surface area contributed by atoms with Crippen LogP contribution in [0, 0.1) is 5.92 Å². The summed E-state index contributed by atoms with van der Waals surface area (Å²) in [5.41, 5.74) is 6.31. The third-order valence-corrected chi connectivity index (χ3v) is 16.0. The van der Waals surface area contributed by atoms with Crippen LogP contribution >= 0.6 is 0 Å². The molecule has 0 amide bonds. The molecule has 34 heavy (non-hydrogen) atoms. The summed E-state index contributed by atoms with van der Waals surface area (Å²) in [7, 11) is 0. The van der Waals surface area contributed by atoms with Gasteiger partial charge in [-0.1, -0.05) is 33.1 Å². The summed E-state index contributed by atoms with van der Waals surface area (Å²) in [5.74, 6) is 0.824. The number of carbonyl (C=O) groups excluding carboxylic acids is 2. The van der Waals surface area contributed by atoms with Crippen molar-refractivity contribution >= 4 is 12.7 Å². The fourth-order valence-electron chi connectivity index (χ4n) is 4.62. The van der Waals surface area contributed by atoms with Crippen LogP contribution in [-0.4, -0.2) is 20.2 Å². The average Bonchev–Trinajstić information content (AvgIpc) is 3.24. The molecule has 0 spiro atoms. The van der Waals surface area contributed by atoms with Crippen LogP contribution in [0.2, 0.25) is 0 Å². The van der Waals surface area contributed by atoms with Crippen molar-refractivity contribution < 1.29 is 37.7 Å². The number of nitrogen functional groups attached to an aromatic ring is 1. The molecular weight excluding hydrogens is 510 g/mol. The van der Waals surface area contributed by atoms with Gasteiger partial charge >= 0.3 is 170 Å². The summed E-state index contributed by atoms with van der Waals surface area (Å²) in [6.45, 7) is 4.61. The zero-order valence-corrected chi connectivity index (χ0v) is 23.8. The molecule has 0 aliphatic carbocycles. The van der Waals surface area contributed by atoms with E-state index in [1.807, 2.05) is 0 Å². The standard InChI is InChI=1S/C18H35O.C7H6NO.C2H4O2.O.Zr/c1-18(2)16-14-12-10-8-6-4-3-5-7-9-11-13-15-17-19;8-7-3-1-6(5-9)2-4-7;3-1-2-4;;/h18H,3-16H2,1-2H3;1-4H,8H2;1-2H2;;/q;;-2;;+2. The minimum atomic E-state index is -6.35. The Hall–Kier alpha value is -1.04.